The molecule has 2 rings (SSSR count). The van der Waals surface area contributed by atoms with Gasteiger partial charge in [0.25, 0.3) is 0 Å². The van der Waals surface area contributed by atoms with E-state index in [9.17, 15) is 4.79 Å². The maximum atomic E-state index is 11.0. The second kappa shape index (κ2) is 2.20. The second-order valence-corrected chi connectivity index (χ2v) is 3.74. The maximum Gasteiger partial charge on any atom is 0.141 e. The number of ketones is 1. The van der Waals surface area contributed by atoms with E-state index in [2.05, 4.69) is 19.1 Å². The van der Waals surface area contributed by atoms with Crippen LogP contribution in [0.15, 0.2) is 12.2 Å². The Balaban J connectivity index is 2.25. The lowest BCUT2D eigenvalue weighted by Crippen LogP contribution is -2.23. The van der Waals surface area contributed by atoms with E-state index in [1.165, 1.54) is 0 Å². The van der Waals surface area contributed by atoms with Gasteiger partial charge in [0.1, 0.15) is 5.78 Å². The Morgan fingerprint density at radius 2 is 2.09 bits per heavy atom. The Morgan fingerprint density at radius 3 is 2.45 bits per heavy atom. The van der Waals surface area contributed by atoms with Gasteiger partial charge in [0.05, 0.1) is 0 Å². The molecular formula is C10H12O. The van der Waals surface area contributed by atoms with Gasteiger partial charge in [-0.3, -0.25) is 4.79 Å². The number of carbonyl (C=O) groups is 1. The van der Waals surface area contributed by atoms with Crippen molar-refractivity contribution in [2.75, 3.05) is 0 Å². The molecule has 2 aliphatic carbocycles. The van der Waals surface area contributed by atoms with Gasteiger partial charge in [0.15, 0.2) is 0 Å². The molecule has 0 heterocycles. The highest BCUT2D eigenvalue weighted by Crippen LogP contribution is 2.47. The fourth-order valence-corrected chi connectivity index (χ4v) is 2.54. The van der Waals surface area contributed by atoms with Crippen LogP contribution in [0.1, 0.15) is 13.3 Å². The number of carbonyl (C=O) groups excluding carboxylic acids is 1. The van der Waals surface area contributed by atoms with E-state index in [0.717, 1.165) is 6.42 Å². The molecular weight excluding hydrogens is 136 g/mol. The standard InChI is InChI=1S/C10H12O/c1-6-8-3-4-9(5-8)10(6)7(2)11/h2-4,6,8-10H,5H2,1H3/t6-,8-,9+,10+/m1/s1. The molecule has 0 unspecified atom stereocenters. The van der Waals surface area contributed by atoms with Gasteiger partial charge in [-0.2, -0.15) is 0 Å². The minimum atomic E-state index is -0.116. The summed E-state index contributed by atoms with van der Waals surface area (Å²) in [6.07, 6.45) is 5.53. The third kappa shape index (κ3) is 0.867. The highest BCUT2D eigenvalue weighted by atomic mass is 16.1. The van der Waals surface area contributed by atoms with Crippen LogP contribution in [0.4, 0.5) is 0 Å². The average Bonchev–Trinajstić information content (AvgIpc) is 2.44. The summed E-state index contributed by atoms with van der Waals surface area (Å²) in [5.74, 6) is 1.55. The van der Waals surface area contributed by atoms with Crippen molar-refractivity contribution in [3.63, 3.8) is 0 Å². The van der Waals surface area contributed by atoms with E-state index >= 15 is 0 Å². The first-order chi connectivity index (χ1) is 5.20. The van der Waals surface area contributed by atoms with Gasteiger partial charge in [-0.1, -0.05) is 19.1 Å². The van der Waals surface area contributed by atoms with E-state index in [-0.39, 0.29) is 11.7 Å². The van der Waals surface area contributed by atoms with Gasteiger partial charge in [-0.05, 0) is 24.2 Å². The highest BCUT2D eigenvalue weighted by Gasteiger charge is 2.43. The van der Waals surface area contributed by atoms with E-state index in [4.69, 9.17) is 6.92 Å². The monoisotopic (exact) mass is 148 g/mol. The van der Waals surface area contributed by atoms with Gasteiger partial charge in [-0.25, -0.2) is 0 Å². The second-order valence-electron chi connectivity index (χ2n) is 3.74. The molecule has 58 valence electrons. The molecule has 1 fully saturated rings. The molecule has 2 radical (unpaired) electrons. The zero-order chi connectivity index (χ0) is 8.01. The summed E-state index contributed by atoms with van der Waals surface area (Å²) in [7, 11) is 0. The van der Waals surface area contributed by atoms with Crippen LogP contribution < -0.4 is 0 Å². The summed E-state index contributed by atoms with van der Waals surface area (Å²) in [6, 6.07) is 0. The molecule has 4 atom stereocenters. The molecule has 2 aliphatic rings. The minimum absolute atomic E-state index is 0.116. The van der Waals surface area contributed by atoms with Crippen molar-refractivity contribution < 1.29 is 4.79 Å². The molecule has 0 N–H and O–H groups in total. The van der Waals surface area contributed by atoms with Gasteiger partial charge < -0.3 is 0 Å². The van der Waals surface area contributed by atoms with Crippen molar-refractivity contribution >= 4 is 5.78 Å². The van der Waals surface area contributed by atoms with Crippen LogP contribution in [0.25, 0.3) is 0 Å². The van der Waals surface area contributed by atoms with Gasteiger partial charge in [0, 0.05) is 12.8 Å². The molecule has 2 bridgehead atoms. The van der Waals surface area contributed by atoms with Crippen molar-refractivity contribution in [3.8, 4) is 0 Å². The number of Topliss-reactive ketones (excluding diaryl/α,β-unsaturated/α-hetero) is 1. The van der Waals surface area contributed by atoms with Crippen molar-refractivity contribution in [3.05, 3.63) is 19.1 Å². The zero-order valence-corrected chi connectivity index (χ0v) is 6.66. The van der Waals surface area contributed by atoms with Gasteiger partial charge in [-0.15, -0.1) is 0 Å². The summed E-state index contributed by atoms with van der Waals surface area (Å²) in [5.41, 5.74) is 0. The maximum absolute atomic E-state index is 11.0. The molecule has 0 aromatic rings. The van der Waals surface area contributed by atoms with E-state index in [1.54, 1.807) is 0 Å². The van der Waals surface area contributed by atoms with Crippen LogP contribution in [0.3, 0.4) is 0 Å². The predicted octanol–water partition coefficient (Wildman–Crippen LogP) is 1.72. The van der Waals surface area contributed by atoms with Crippen molar-refractivity contribution in [2.45, 2.75) is 13.3 Å². The molecule has 0 aromatic heterocycles. The largest absolute Gasteiger partial charge is 0.299 e. The SMILES string of the molecule is [CH]C(=O)[C@@H]1[C@H](C)[C@@H]2C=C[C@H]1C2. The molecule has 11 heavy (non-hydrogen) atoms. The van der Waals surface area contributed by atoms with Crippen LogP contribution in [-0.2, 0) is 4.79 Å². The smallest absolute Gasteiger partial charge is 0.141 e. The van der Waals surface area contributed by atoms with E-state index in [1.807, 2.05) is 0 Å². The van der Waals surface area contributed by atoms with Crippen LogP contribution in [0.2, 0.25) is 0 Å². The highest BCUT2D eigenvalue weighted by molar-refractivity contribution is 5.86. The van der Waals surface area contributed by atoms with Gasteiger partial charge >= 0.3 is 0 Å². The Kier molecular flexibility index (Phi) is 1.41. The Morgan fingerprint density at radius 1 is 1.45 bits per heavy atom. The van der Waals surface area contributed by atoms with Crippen molar-refractivity contribution in [1.82, 2.24) is 0 Å². The normalized spacial score (nSPS) is 46.7. The first kappa shape index (κ1) is 7.08. The number of allylic oxidation sites excluding steroid dienone is 2. The fourth-order valence-electron chi connectivity index (χ4n) is 2.54. The number of hydrogen-bond donors (Lipinski definition) is 0. The lowest BCUT2D eigenvalue weighted by Gasteiger charge is -2.21. The summed E-state index contributed by atoms with van der Waals surface area (Å²) in [4.78, 5) is 11.0. The summed E-state index contributed by atoms with van der Waals surface area (Å²) < 4.78 is 0. The first-order valence-corrected chi connectivity index (χ1v) is 4.18. The van der Waals surface area contributed by atoms with Crippen molar-refractivity contribution in [2.24, 2.45) is 23.7 Å². The van der Waals surface area contributed by atoms with Crippen molar-refractivity contribution in [1.29, 1.82) is 0 Å². The fraction of sp³-hybridized carbons (Fsp3) is 0.600. The summed E-state index contributed by atoms with van der Waals surface area (Å²) >= 11 is 0. The number of fused-ring (bicyclic) bond motifs is 2. The zero-order valence-electron chi connectivity index (χ0n) is 6.66. The molecule has 1 nitrogen and oxygen atoms in total. The first-order valence-electron chi connectivity index (χ1n) is 4.18. The van der Waals surface area contributed by atoms with Crippen LogP contribution in [0, 0.1) is 30.6 Å². The van der Waals surface area contributed by atoms with E-state index in [0.29, 0.717) is 17.8 Å². The Labute approximate surface area is 67.5 Å². The lowest BCUT2D eigenvalue weighted by molar-refractivity contribution is -0.120. The number of hydrogen-bond acceptors (Lipinski definition) is 1. The summed E-state index contributed by atoms with van der Waals surface area (Å²) in [5, 5.41) is 0. The molecule has 0 spiro atoms. The van der Waals surface area contributed by atoms with Crippen LogP contribution >= 0.6 is 0 Å². The molecule has 0 aliphatic heterocycles. The molecule has 0 saturated heterocycles. The average molecular weight is 148 g/mol. The minimum Gasteiger partial charge on any atom is -0.299 e. The summed E-state index contributed by atoms with van der Waals surface area (Å²) in [6.45, 7) is 7.43. The quantitative estimate of drug-likeness (QED) is 0.517. The molecule has 0 aromatic carbocycles. The third-order valence-corrected chi connectivity index (χ3v) is 3.18. The molecule has 1 heteroatoms. The molecule has 1 saturated carbocycles. The Hall–Kier alpha value is -0.590. The van der Waals surface area contributed by atoms with Crippen LogP contribution in [0.5, 0.6) is 0 Å². The number of rotatable bonds is 1. The van der Waals surface area contributed by atoms with Crippen LogP contribution in [-0.4, -0.2) is 5.78 Å². The third-order valence-electron chi connectivity index (χ3n) is 3.18. The topological polar surface area (TPSA) is 17.1 Å². The van der Waals surface area contributed by atoms with Gasteiger partial charge in [0.2, 0.25) is 0 Å². The predicted molar refractivity (Wildman–Crippen MR) is 42.7 cm³/mol. The molecule has 0 amide bonds. The Bertz CT molecular complexity index is 217. The van der Waals surface area contributed by atoms with E-state index < -0.39 is 0 Å². The lowest BCUT2D eigenvalue weighted by atomic mass is 9.82.